The molecule has 0 saturated heterocycles. The van der Waals surface area contributed by atoms with Crippen LogP contribution in [-0.4, -0.2) is 42.6 Å². The minimum absolute atomic E-state index is 0.0305. The summed E-state index contributed by atoms with van der Waals surface area (Å²) in [6.45, 7) is 6.35. The molecule has 0 unspecified atom stereocenters. The predicted molar refractivity (Wildman–Crippen MR) is 67.1 cm³/mol. The topological polar surface area (TPSA) is 55.8 Å². The lowest BCUT2D eigenvalue weighted by Gasteiger charge is -2.24. The Morgan fingerprint density at radius 2 is 2.11 bits per heavy atom. The Labute approximate surface area is 108 Å². The Hall–Kier alpha value is -1.52. The van der Waals surface area contributed by atoms with E-state index in [1.807, 2.05) is 20.8 Å². The molecule has 0 aromatic heterocycles. The molecule has 0 N–H and O–H groups in total. The van der Waals surface area contributed by atoms with Gasteiger partial charge in [0.1, 0.15) is 5.60 Å². The number of ether oxygens (including phenoxy) is 2. The first kappa shape index (κ1) is 14.5. The molecule has 1 rings (SSSR count). The summed E-state index contributed by atoms with van der Waals surface area (Å²) < 4.78 is 10.2. The summed E-state index contributed by atoms with van der Waals surface area (Å²) in [4.78, 5) is 24.8. The number of Topliss-reactive ketones (excluding diaryl/α,β-unsaturated/α-hetero) is 1. The Balaban J connectivity index is 2.34. The number of amides is 1. The molecule has 0 spiro atoms. The molecule has 0 radical (unpaired) electrons. The van der Waals surface area contributed by atoms with Crippen molar-refractivity contribution in [3.05, 3.63) is 11.8 Å². The van der Waals surface area contributed by atoms with Crippen LogP contribution in [0.15, 0.2) is 11.8 Å². The van der Waals surface area contributed by atoms with Crippen LogP contribution in [0.3, 0.4) is 0 Å². The highest BCUT2D eigenvalue weighted by molar-refractivity contribution is 5.95. The Bertz CT molecular complexity index is 354. The molecule has 0 fully saturated rings. The van der Waals surface area contributed by atoms with Crippen LogP contribution in [0.25, 0.3) is 0 Å². The second kappa shape index (κ2) is 5.89. The van der Waals surface area contributed by atoms with E-state index in [0.29, 0.717) is 31.6 Å². The molecule has 1 aliphatic rings. The third kappa shape index (κ3) is 4.77. The van der Waals surface area contributed by atoms with Crippen LogP contribution in [0.2, 0.25) is 0 Å². The first-order chi connectivity index (χ1) is 8.29. The fourth-order valence-electron chi connectivity index (χ4n) is 1.45. The molecule has 18 heavy (non-hydrogen) atoms. The highest BCUT2D eigenvalue weighted by atomic mass is 16.6. The number of nitrogens with zero attached hydrogens (tertiary/aromatic N) is 1. The van der Waals surface area contributed by atoms with Crippen molar-refractivity contribution in [2.45, 2.75) is 39.2 Å². The molecule has 1 amide bonds. The summed E-state index contributed by atoms with van der Waals surface area (Å²) in [7, 11) is 1.63. The fraction of sp³-hybridized carbons (Fsp3) is 0.692. The fourth-order valence-corrected chi connectivity index (χ4v) is 1.45. The van der Waals surface area contributed by atoms with Gasteiger partial charge in [0, 0.05) is 32.0 Å². The maximum absolute atomic E-state index is 11.7. The molecule has 0 bridgehead atoms. The van der Waals surface area contributed by atoms with Gasteiger partial charge in [-0.05, 0) is 20.8 Å². The summed E-state index contributed by atoms with van der Waals surface area (Å²) in [6, 6.07) is 0. The summed E-state index contributed by atoms with van der Waals surface area (Å²) in [5.74, 6) is 0.0305. The molecule has 5 heteroatoms. The number of hydrogen-bond donors (Lipinski definition) is 0. The van der Waals surface area contributed by atoms with E-state index >= 15 is 0 Å². The summed E-state index contributed by atoms with van der Waals surface area (Å²) >= 11 is 0. The Morgan fingerprint density at radius 3 is 2.61 bits per heavy atom. The maximum atomic E-state index is 11.7. The second-order valence-corrected chi connectivity index (χ2v) is 5.34. The smallest absolute Gasteiger partial charge is 0.410 e. The molecule has 0 saturated carbocycles. The zero-order valence-electron chi connectivity index (χ0n) is 11.5. The van der Waals surface area contributed by atoms with Gasteiger partial charge in [0.15, 0.2) is 5.78 Å². The van der Waals surface area contributed by atoms with Crippen LogP contribution >= 0.6 is 0 Å². The van der Waals surface area contributed by atoms with Gasteiger partial charge in [0.25, 0.3) is 0 Å². The normalized spacial score (nSPS) is 14.8. The van der Waals surface area contributed by atoms with Gasteiger partial charge in [-0.15, -0.1) is 0 Å². The van der Waals surface area contributed by atoms with E-state index < -0.39 is 11.7 Å². The largest absolute Gasteiger partial charge is 0.500 e. The lowest BCUT2D eigenvalue weighted by molar-refractivity contribution is -0.115. The van der Waals surface area contributed by atoms with Gasteiger partial charge in [-0.2, -0.15) is 0 Å². The molecule has 1 aliphatic heterocycles. The van der Waals surface area contributed by atoms with E-state index in [2.05, 4.69) is 0 Å². The lowest BCUT2D eigenvalue weighted by Crippen LogP contribution is -2.35. The van der Waals surface area contributed by atoms with E-state index in [1.54, 1.807) is 7.05 Å². The third-order valence-electron chi connectivity index (χ3n) is 2.45. The Kier molecular flexibility index (Phi) is 4.76. The first-order valence-electron chi connectivity index (χ1n) is 6.07. The lowest BCUT2D eigenvalue weighted by atomic mass is 10.1. The number of rotatable bonds is 4. The number of hydrogen-bond acceptors (Lipinski definition) is 4. The van der Waals surface area contributed by atoms with Crippen LogP contribution in [0.1, 0.15) is 33.6 Å². The molecule has 1 heterocycles. The van der Waals surface area contributed by atoms with Crippen molar-refractivity contribution in [1.82, 2.24) is 4.90 Å². The van der Waals surface area contributed by atoms with Crippen molar-refractivity contribution in [3.8, 4) is 0 Å². The molecule has 0 aromatic carbocycles. The van der Waals surface area contributed by atoms with Gasteiger partial charge in [-0.25, -0.2) is 4.79 Å². The van der Waals surface area contributed by atoms with E-state index in [4.69, 9.17) is 9.47 Å². The molecule has 5 nitrogen and oxygen atoms in total. The molecular weight excluding hydrogens is 234 g/mol. The zero-order valence-corrected chi connectivity index (χ0v) is 11.5. The molecule has 0 atom stereocenters. The molecular formula is C13H21NO4. The van der Waals surface area contributed by atoms with E-state index in [-0.39, 0.29) is 5.78 Å². The van der Waals surface area contributed by atoms with Crippen molar-refractivity contribution in [1.29, 1.82) is 0 Å². The third-order valence-corrected chi connectivity index (χ3v) is 2.45. The second-order valence-electron chi connectivity index (χ2n) is 5.34. The SMILES string of the molecule is CN(CCC(=O)C1=COCC1)C(=O)OC(C)(C)C. The van der Waals surface area contributed by atoms with E-state index in [1.165, 1.54) is 11.2 Å². The predicted octanol–water partition coefficient (Wildman–Crippen LogP) is 2.12. The van der Waals surface area contributed by atoms with Crippen LogP contribution in [-0.2, 0) is 14.3 Å². The number of carbonyl (C=O) groups is 2. The van der Waals surface area contributed by atoms with E-state index in [9.17, 15) is 9.59 Å². The molecule has 0 aliphatic carbocycles. The van der Waals surface area contributed by atoms with Crippen molar-refractivity contribution in [3.63, 3.8) is 0 Å². The maximum Gasteiger partial charge on any atom is 0.410 e. The highest BCUT2D eigenvalue weighted by Crippen LogP contribution is 2.14. The standard InChI is InChI=1S/C13H21NO4/c1-13(2,3)18-12(16)14(4)7-5-11(15)10-6-8-17-9-10/h9H,5-8H2,1-4H3. The minimum atomic E-state index is -0.517. The summed E-state index contributed by atoms with van der Waals surface area (Å²) in [6.07, 6.45) is 2.06. The molecule has 0 aromatic rings. The quantitative estimate of drug-likeness (QED) is 0.772. The van der Waals surface area contributed by atoms with Crippen LogP contribution in [0.4, 0.5) is 4.79 Å². The van der Waals surface area contributed by atoms with Gasteiger partial charge in [0.05, 0.1) is 12.9 Å². The average Bonchev–Trinajstić information content (AvgIpc) is 2.76. The van der Waals surface area contributed by atoms with Gasteiger partial charge in [-0.1, -0.05) is 0 Å². The first-order valence-corrected chi connectivity index (χ1v) is 6.07. The minimum Gasteiger partial charge on any atom is -0.500 e. The zero-order chi connectivity index (χ0) is 13.8. The van der Waals surface area contributed by atoms with Crippen LogP contribution in [0, 0.1) is 0 Å². The van der Waals surface area contributed by atoms with Gasteiger partial charge >= 0.3 is 6.09 Å². The van der Waals surface area contributed by atoms with Crippen molar-refractivity contribution in [2.75, 3.05) is 20.2 Å². The van der Waals surface area contributed by atoms with Crippen molar-refractivity contribution < 1.29 is 19.1 Å². The van der Waals surface area contributed by atoms with Crippen molar-refractivity contribution in [2.24, 2.45) is 0 Å². The average molecular weight is 255 g/mol. The van der Waals surface area contributed by atoms with Crippen molar-refractivity contribution >= 4 is 11.9 Å². The Morgan fingerprint density at radius 1 is 1.44 bits per heavy atom. The summed E-state index contributed by atoms with van der Waals surface area (Å²) in [5.41, 5.74) is 0.185. The monoisotopic (exact) mass is 255 g/mol. The highest BCUT2D eigenvalue weighted by Gasteiger charge is 2.21. The molecule has 102 valence electrons. The van der Waals surface area contributed by atoms with Gasteiger partial charge in [0.2, 0.25) is 0 Å². The van der Waals surface area contributed by atoms with Gasteiger partial charge in [-0.3, -0.25) is 4.79 Å². The van der Waals surface area contributed by atoms with Gasteiger partial charge < -0.3 is 14.4 Å². The van der Waals surface area contributed by atoms with E-state index in [0.717, 1.165) is 0 Å². The van der Waals surface area contributed by atoms with Crippen LogP contribution in [0.5, 0.6) is 0 Å². The number of carbonyl (C=O) groups excluding carboxylic acids is 2. The summed E-state index contributed by atoms with van der Waals surface area (Å²) in [5, 5.41) is 0. The van der Waals surface area contributed by atoms with Crippen LogP contribution < -0.4 is 0 Å². The number of ketones is 1.